The molecule has 0 aliphatic heterocycles. The Balaban J connectivity index is 1.87. The molecular weight excluding hydrogens is 270 g/mol. The molecule has 4 N–H and O–H groups in total. The largest absolute Gasteiger partial charge is 0.504 e. The zero-order valence-corrected chi connectivity index (χ0v) is 11.6. The van der Waals surface area contributed by atoms with Crippen LogP contribution in [0.5, 0.6) is 11.5 Å². The number of carbonyl (C=O) groups is 1. The van der Waals surface area contributed by atoms with Crippen LogP contribution in [0, 0.1) is 0 Å². The summed E-state index contributed by atoms with van der Waals surface area (Å²) in [4.78, 5) is 15.8. The van der Waals surface area contributed by atoms with Gasteiger partial charge in [-0.3, -0.25) is 5.32 Å². The Bertz CT molecular complexity index is 617. The minimum absolute atomic E-state index is 0.141. The fourth-order valence-corrected chi connectivity index (χ4v) is 1.91. The van der Waals surface area contributed by atoms with E-state index >= 15 is 0 Å². The molecule has 0 aliphatic rings. The van der Waals surface area contributed by atoms with Gasteiger partial charge in [0.1, 0.15) is 5.82 Å². The van der Waals surface area contributed by atoms with Crippen molar-refractivity contribution in [2.75, 3.05) is 5.32 Å². The number of urea groups is 1. The molecule has 0 unspecified atom stereocenters. The number of phenols is 2. The van der Waals surface area contributed by atoms with Crippen LogP contribution < -0.4 is 10.6 Å². The summed E-state index contributed by atoms with van der Waals surface area (Å²) in [6.07, 6.45) is 2.13. The van der Waals surface area contributed by atoms with Crippen LogP contribution in [-0.4, -0.2) is 27.3 Å². The third-order valence-electron chi connectivity index (χ3n) is 2.87. The Morgan fingerprint density at radius 2 is 2.05 bits per heavy atom. The third kappa shape index (κ3) is 4.38. The maximum atomic E-state index is 11.8. The van der Waals surface area contributed by atoms with Gasteiger partial charge in [-0.25, -0.2) is 9.78 Å². The molecule has 2 aromatic rings. The van der Waals surface area contributed by atoms with Gasteiger partial charge in [0.05, 0.1) is 0 Å². The normalized spacial score (nSPS) is 11.7. The standard InChI is InChI=1S/C15H17N3O3/c1-10(8-11-5-6-12(19)13(20)9-11)17-15(21)18-14-4-2-3-7-16-14/h2-7,9-10,19-20H,8H2,1H3,(H2,16,17,18,21)/t10-/m1/s1. The van der Waals surface area contributed by atoms with Gasteiger partial charge < -0.3 is 15.5 Å². The minimum Gasteiger partial charge on any atom is -0.504 e. The quantitative estimate of drug-likeness (QED) is 0.649. The number of anilines is 1. The molecule has 0 spiro atoms. The number of hydrogen-bond donors (Lipinski definition) is 4. The monoisotopic (exact) mass is 287 g/mol. The molecule has 2 amide bonds. The van der Waals surface area contributed by atoms with Gasteiger partial charge in [-0.2, -0.15) is 0 Å². The van der Waals surface area contributed by atoms with Gasteiger partial charge in [0.25, 0.3) is 0 Å². The number of aromatic hydroxyl groups is 2. The summed E-state index contributed by atoms with van der Waals surface area (Å²) in [6.45, 7) is 1.85. The molecular formula is C15H17N3O3. The lowest BCUT2D eigenvalue weighted by Crippen LogP contribution is -2.37. The van der Waals surface area contributed by atoms with E-state index < -0.39 is 0 Å². The predicted octanol–water partition coefficient (Wildman–Crippen LogP) is 2.25. The second-order valence-electron chi connectivity index (χ2n) is 4.74. The van der Waals surface area contributed by atoms with E-state index in [0.717, 1.165) is 5.56 Å². The van der Waals surface area contributed by atoms with Crippen molar-refractivity contribution in [3.8, 4) is 11.5 Å². The molecule has 0 radical (unpaired) electrons. The smallest absolute Gasteiger partial charge is 0.320 e. The third-order valence-corrected chi connectivity index (χ3v) is 2.87. The Kier molecular flexibility index (Phi) is 4.61. The molecule has 110 valence electrons. The lowest BCUT2D eigenvalue weighted by molar-refractivity contribution is 0.249. The zero-order valence-electron chi connectivity index (χ0n) is 11.6. The number of pyridine rings is 1. The number of benzene rings is 1. The maximum Gasteiger partial charge on any atom is 0.320 e. The Morgan fingerprint density at radius 3 is 2.71 bits per heavy atom. The van der Waals surface area contributed by atoms with Gasteiger partial charge in [0, 0.05) is 12.2 Å². The molecule has 0 aliphatic carbocycles. The molecule has 0 saturated heterocycles. The van der Waals surface area contributed by atoms with Crippen LogP contribution in [0.2, 0.25) is 0 Å². The van der Waals surface area contributed by atoms with Crippen molar-refractivity contribution in [1.82, 2.24) is 10.3 Å². The molecule has 0 fully saturated rings. The molecule has 1 aromatic carbocycles. The average Bonchev–Trinajstić information content (AvgIpc) is 2.43. The van der Waals surface area contributed by atoms with Crippen LogP contribution in [-0.2, 0) is 6.42 Å². The minimum atomic E-state index is -0.343. The summed E-state index contributed by atoms with van der Waals surface area (Å²) >= 11 is 0. The Labute approximate surface area is 122 Å². The summed E-state index contributed by atoms with van der Waals surface area (Å²) < 4.78 is 0. The zero-order chi connectivity index (χ0) is 15.2. The van der Waals surface area contributed by atoms with Crippen molar-refractivity contribution in [2.24, 2.45) is 0 Å². The SMILES string of the molecule is C[C@H](Cc1ccc(O)c(O)c1)NC(=O)Nc1ccccn1. The molecule has 6 nitrogen and oxygen atoms in total. The molecule has 21 heavy (non-hydrogen) atoms. The van der Waals surface area contributed by atoms with Crippen molar-refractivity contribution in [2.45, 2.75) is 19.4 Å². The number of nitrogens with zero attached hydrogens (tertiary/aromatic N) is 1. The van der Waals surface area contributed by atoms with Crippen LogP contribution in [0.4, 0.5) is 10.6 Å². The highest BCUT2D eigenvalue weighted by molar-refractivity contribution is 5.88. The summed E-state index contributed by atoms with van der Waals surface area (Å²) in [7, 11) is 0. The molecule has 1 atom stereocenters. The van der Waals surface area contributed by atoms with E-state index in [1.807, 2.05) is 6.92 Å². The summed E-state index contributed by atoms with van der Waals surface area (Å²) in [5.41, 5.74) is 0.816. The van der Waals surface area contributed by atoms with Gasteiger partial charge in [-0.1, -0.05) is 12.1 Å². The van der Waals surface area contributed by atoms with Crippen LogP contribution in [0.1, 0.15) is 12.5 Å². The van der Waals surface area contributed by atoms with E-state index in [1.165, 1.54) is 12.1 Å². The predicted molar refractivity (Wildman–Crippen MR) is 79.3 cm³/mol. The second kappa shape index (κ2) is 6.60. The van der Waals surface area contributed by atoms with Crippen LogP contribution in [0.3, 0.4) is 0 Å². The number of amides is 2. The number of carbonyl (C=O) groups excluding carboxylic acids is 1. The lowest BCUT2D eigenvalue weighted by Gasteiger charge is -2.14. The lowest BCUT2D eigenvalue weighted by atomic mass is 10.1. The molecule has 1 heterocycles. The maximum absolute atomic E-state index is 11.8. The number of phenolic OH excluding ortho intramolecular Hbond substituents is 2. The average molecular weight is 287 g/mol. The highest BCUT2D eigenvalue weighted by Crippen LogP contribution is 2.25. The molecule has 0 bridgehead atoms. The Hall–Kier alpha value is -2.76. The van der Waals surface area contributed by atoms with Crippen molar-refractivity contribution in [1.29, 1.82) is 0 Å². The molecule has 2 rings (SSSR count). The molecule has 1 aromatic heterocycles. The summed E-state index contributed by atoms with van der Waals surface area (Å²) in [5, 5.41) is 24.1. The van der Waals surface area contributed by atoms with Crippen molar-refractivity contribution in [3.05, 3.63) is 48.2 Å². The highest BCUT2D eigenvalue weighted by atomic mass is 16.3. The van der Waals surface area contributed by atoms with Gasteiger partial charge >= 0.3 is 6.03 Å². The van der Waals surface area contributed by atoms with Gasteiger partial charge in [0.2, 0.25) is 0 Å². The molecule has 0 saturated carbocycles. The van der Waals surface area contributed by atoms with E-state index in [2.05, 4.69) is 15.6 Å². The Morgan fingerprint density at radius 1 is 1.24 bits per heavy atom. The van der Waals surface area contributed by atoms with Crippen molar-refractivity contribution < 1.29 is 15.0 Å². The fraction of sp³-hybridized carbons (Fsp3) is 0.200. The van der Waals surface area contributed by atoms with Crippen LogP contribution in [0.15, 0.2) is 42.6 Å². The second-order valence-corrected chi connectivity index (χ2v) is 4.74. The highest BCUT2D eigenvalue weighted by Gasteiger charge is 2.10. The first kappa shape index (κ1) is 14.6. The first-order chi connectivity index (χ1) is 10.0. The van der Waals surface area contributed by atoms with E-state index in [9.17, 15) is 15.0 Å². The van der Waals surface area contributed by atoms with E-state index in [-0.39, 0.29) is 23.6 Å². The first-order valence-electron chi connectivity index (χ1n) is 6.54. The molecule has 6 heteroatoms. The first-order valence-corrected chi connectivity index (χ1v) is 6.54. The van der Waals surface area contributed by atoms with Crippen molar-refractivity contribution >= 4 is 11.8 Å². The van der Waals surface area contributed by atoms with Gasteiger partial charge in [-0.15, -0.1) is 0 Å². The van der Waals surface area contributed by atoms with Crippen molar-refractivity contribution in [3.63, 3.8) is 0 Å². The van der Waals surface area contributed by atoms with E-state index in [0.29, 0.717) is 12.2 Å². The van der Waals surface area contributed by atoms with Crippen LogP contribution >= 0.6 is 0 Å². The number of rotatable bonds is 4. The van der Waals surface area contributed by atoms with E-state index in [1.54, 1.807) is 30.5 Å². The fourth-order valence-electron chi connectivity index (χ4n) is 1.91. The number of hydrogen-bond acceptors (Lipinski definition) is 4. The van der Waals surface area contributed by atoms with E-state index in [4.69, 9.17) is 0 Å². The number of nitrogens with one attached hydrogen (secondary N) is 2. The van der Waals surface area contributed by atoms with Gasteiger partial charge in [0.15, 0.2) is 11.5 Å². The topological polar surface area (TPSA) is 94.5 Å². The van der Waals surface area contributed by atoms with Crippen LogP contribution in [0.25, 0.3) is 0 Å². The summed E-state index contributed by atoms with van der Waals surface area (Å²) in [5.74, 6) is 0.148. The summed E-state index contributed by atoms with van der Waals surface area (Å²) in [6, 6.07) is 9.36. The van der Waals surface area contributed by atoms with Gasteiger partial charge in [-0.05, 0) is 43.2 Å². The number of aromatic nitrogens is 1.